The molecule has 0 aromatic carbocycles. The maximum atomic E-state index is 9.98. The molecule has 0 saturated carbocycles. The standard InChI is InChI=1S/C5H5NO3.2C2H6/c7-5(8)3-4-1-2-9-6-4;2*1-2/h1-2H,3H2,(H,7,8);2*1-2H3. The predicted molar refractivity (Wildman–Crippen MR) is 50.5 cm³/mol. The topological polar surface area (TPSA) is 63.3 Å². The molecule has 76 valence electrons. The van der Waals surface area contributed by atoms with Gasteiger partial charge in [-0.15, -0.1) is 0 Å². The zero-order valence-electron chi connectivity index (χ0n) is 8.57. The highest BCUT2D eigenvalue weighted by molar-refractivity contribution is 5.69. The van der Waals surface area contributed by atoms with Crippen molar-refractivity contribution in [1.82, 2.24) is 5.16 Å². The second-order valence-corrected chi connectivity index (χ2v) is 1.56. The SMILES string of the molecule is CC.CC.O=C(O)Cc1ccon1. The van der Waals surface area contributed by atoms with Gasteiger partial charge >= 0.3 is 5.97 Å². The van der Waals surface area contributed by atoms with Gasteiger partial charge in [0.2, 0.25) is 0 Å². The molecule has 1 N–H and O–H groups in total. The lowest BCUT2D eigenvalue weighted by molar-refractivity contribution is -0.136. The van der Waals surface area contributed by atoms with Gasteiger partial charge in [0, 0.05) is 6.07 Å². The van der Waals surface area contributed by atoms with Gasteiger partial charge in [-0.1, -0.05) is 32.9 Å². The maximum absolute atomic E-state index is 9.98. The van der Waals surface area contributed by atoms with Gasteiger partial charge in [0.15, 0.2) is 0 Å². The summed E-state index contributed by atoms with van der Waals surface area (Å²) in [6.45, 7) is 8.00. The Morgan fingerprint density at radius 3 is 2.31 bits per heavy atom. The Kier molecular flexibility index (Phi) is 11.7. The van der Waals surface area contributed by atoms with Crippen LogP contribution in [-0.4, -0.2) is 16.2 Å². The van der Waals surface area contributed by atoms with Crippen molar-refractivity contribution >= 4 is 5.97 Å². The second kappa shape index (κ2) is 10.7. The van der Waals surface area contributed by atoms with Crippen LogP contribution < -0.4 is 0 Å². The summed E-state index contributed by atoms with van der Waals surface area (Å²) in [7, 11) is 0. The molecule has 0 atom stereocenters. The van der Waals surface area contributed by atoms with Crippen molar-refractivity contribution in [2.75, 3.05) is 0 Å². The predicted octanol–water partition coefficient (Wildman–Crippen LogP) is 2.35. The highest BCUT2D eigenvalue weighted by Crippen LogP contribution is 1.93. The van der Waals surface area contributed by atoms with Gasteiger partial charge < -0.3 is 9.63 Å². The summed E-state index contributed by atoms with van der Waals surface area (Å²) in [5.74, 6) is -0.899. The van der Waals surface area contributed by atoms with Gasteiger partial charge in [-0.25, -0.2) is 0 Å². The van der Waals surface area contributed by atoms with Crippen molar-refractivity contribution in [3.63, 3.8) is 0 Å². The first-order valence-corrected chi connectivity index (χ1v) is 4.40. The van der Waals surface area contributed by atoms with Crippen LogP contribution in [0.3, 0.4) is 0 Å². The molecule has 1 aromatic heterocycles. The van der Waals surface area contributed by atoms with Crippen LogP contribution in [0.2, 0.25) is 0 Å². The third kappa shape index (κ3) is 8.59. The molecule has 0 aliphatic carbocycles. The van der Waals surface area contributed by atoms with Gasteiger partial charge in [-0.3, -0.25) is 4.79 Å². The third-order valence-corrected chi connectivity index (χ3v) is 0.824. The summed E-state index contributed by atoms with van der Waals surface area (Å²) in [4.78, 5) is 9.98. The average molecular weight is 187 g/mol. The van der Waals surface area contributed by atoms with Gasteiger partial charge in [0.05, 0.1) is 12.1 Å². The van der Waals surface area contributed by atoms with Gasteiger partial charge in [-0.05, 0) is 0 Å². The highest BCUT2D eigenvalue weighted by Gasteiger charge is 2.01. The first kappa shape index (κ1) is 14.2. The van der Waals surface area contributed by atoms with E-state index in [0.29, 0.717) is 5.69 Å². The van der Waals surface area contributed by atoms with Crippen LogP contribution in [0.1, 0.15) is 33.4 Å². The summed E-state index contributed by atoms with van der Waals surface area (Å²) in [6, 6.07) is 1.52. The molecule has 13 heavy (non-hydrogen) atoms. The monoisotopic (exact) mass is 187 g/mol. The van der Waals surface area contributed by atoms with Gasteiger partial charge in [0.25, 0.3) is 0 Å². The average Bonchev–Trinajstić information content (AvgIpc) is 2.63. The zero-order chi connectivity index (χ0) is 10.7. The lowest BCUT2D eigenvalue weighted by Crippen LogP contribution is -1.99. The van der Waals surface area contributed by atoms with Crippen molar-refractivity contribution in [2.24, 2.45) is 0 Å². The molecule has 1 rings (SSSR count). The number of carbonyl (C=O) groups is 1. The molecule has 0 aliphatic rings. The molecule has 0 bridgehead atoms. The van der Waals surface area contributed by atoms with Crippen LogP contribution in [-0.2, 0) is 11.2 Å². The van der Waals surface area contributed by atoms with Crippen LogP contribution in [0.15, 0.2) is 16.9 Å². The molecule has 0 amide bonds. The number of nitrogens with zero attached hydrogens (tertiary/aromatic N) is 1. The summed E-state index contributed by atoms with van der Waals surface area (Å²) >= 11 is 0. The van der Waals surface area contributed by atoms with Crippen LogP contribution in [0, 0.1) is 0 Å². The first-order chi connectivity index (χ1) is 6.29. The molecule has 0 unspecified atom stereocenters. The Balaban J connectivity index is 0. The van der Waals surface area contributed by atoms with E-state index in [0.717, 1.165) is 0 Å². The molecule has 0 saturated heterocycles. The summed E-state index contributed by atoms with van der Waals surface area (Å²) in [5.41, 5.74) is 0.447. The molecule has 0 fully saturated rings. The first-order valence-electron chi connectivity index (χ1n) is 4.40. The summed E-state index contributed by atoms with van der Waals surface area (Å²) in [6.07, 6.45) is 1.27. The molecule has 1 heterocycles. The quantitative estimate of drug-likeness (QED) is 0.771. The fourth-order valence-corrected chi connectivity index (χ4v) is 0.484. The fraction of sp³-hybridized carbons (Fsp3) is 0.556. The van der Waals surface area contributed by atoms with E-state index in [4.69, 9.17) is 5.11 Å². The van der Waals surface area contributed by atoms with Crippen molar-refractivity contribution < 1.29 is 14.4 Å². The van der Waals surface area contributed by atoms with E-state index in [1.807, 2.05) is 27.7 Å². The number of aliphatic carboxylic acids is 1. The largest absolute Gasteiger partial charge is 0.481 e. The zero-order valence-corrected chi connectivity index (χ0v) is 8.57. The minimum atomic E-state index is -0.899. The van der Waals surface area contributed by atoms with E-state index in [2.05, 4.69) is 9.68 Å². The molecule has 4 heteroatoms. The van der Waals surface area contributed by atoms with Crippen LogP contribution >= 0.6 is 0 Å². The van der Waals surface area contributed by atoms with Gasteiger partial charge in [0.1, 0.15) is 6.26 Å². The lowest BCUT2D eigenvalue weighted by atomic mass is 10.3. The van der Waals surface area contributed by atoms with Crippen molar-refractivity contribution in [2.45, 2.75) is 34.1 Å². The Morgan fingerprint density at radius 2 is 2.00 bits per heavy atom. The lowest BCUT2D eigenvalue weighted by Gasteiger charge is -1.82. The molecule has 0 spiro atoms. The highest BCUT2D eigenvalue weighted by atomic mass is 16.5. The number of carboxylic acid groups (broad SMARTS) is 1. The normalized spacial score (nSPS) is 7.38. The molecular formula is C9H17NO3. The van der Waals surface area contributed by atoms with Crippen molar-refractivity contribution in [3.05, 3.63) is 18.0 Å². The van der Waals surface area contributed by atoms with Crippen molar-refractivity contribution in [3.8, 4) is 0 Å². The Hall–Kier alpha value is -1.32. The second-order valence-electron chi connectivity index (χ2n) is 1.56. The minimum absolute atomic E-state index is 0.0729. The van der Waals surface area contributed by atoms with E-state index in [1.165, 1.54) is 12.3 Å². The number of hydrogen-bond donors (Lipinski definition) is 1. The van der Waals surface area contributed by atoms with Crippen LogP contribution in [0.5, 0.6) is 0 Å². The van der Waals surface area contributed by atoms with Gasteiger partial charge in [-0.2, -0.15) is 0 Å². The molecule has 0 radical (unpaired) electrons. The molecule has 0 aliphatic heterocycles. The maximum Gasteiger partial charge on any atom is 0.309 e. The van der Waals surface area contributed by atoms with E-state index in [-0.39, 0.29) is 6.42 Å². The fourth-order valence-electron chi connectivity index (χ4n) is 0.484. The number of carboxylic acids is 1. The van der Waals surface area contributed by atoms with E-state index < -0.39 is 5.97 Å². The third-order valence-electron chi connectivity index (χ3n) is 0.824. The molecular weight excluding hydrogens is 170 g/mol. The Labute approximate surface area is 78.6 Å². The Morgan fingerprint density at radius 1 is 1.46 bits per heavy atom. The molecule has 1 aromatic rings. The van der Waals surface area contributed by atoms with Crippen molar-refractivity contribution in [1.29, 1.82) is 0 Å². The van der Waals surface area contributed by atoms with Crippen LogP contribution in [0.4, 0.5) is 0 Å². The summed E-state index contributed by atoms with van der Waals surface area (Å²) in [5, 5.41) is 11.6. The Bertz CT molecular complexity index is 195. The summed E-state index contributed by atoms with van der Waals surface area (Å²) < 4.78 is 4.40. The number of aromatic nitrogens is 1. The smallest absolute Gasteiger partial charge is 0.309 e. The minimum Gasteiger partial charge on any atom is -0.481 e. The molecule has 4 nitrogen and oxygen atoms in total. The van der Waals surface area contributed by atoms with E-state index >= 15 is 0 Å². The van der Waals surface area contributed by atoms with Crippen LogP contribution in [0.25, 0.3) is 0 Å². The van der Waals surface area contributed by atoms with E-state index in [9.17, 15) is 4.79 Å². The number of hydrogen-bond acceptors (Lipinski definition) is 3. The van der Waals surface area contributed by atoms with E-state index in [1.54, 1.807) is 0 Å². The number of rotatable bonds is 2.